The van der Waals surface area contributed by atoms with Crippen LogP contribution in [-0.4, -0.2) is 45.2 Å². The maximum absolute atomic E-state index is 13.1. The van der Waals surface area contributed by atoms with Crippen molar-refractivity contribution in [2.24, 2.45) is 0 Å². The zero-order valence-electron chi connectivity index (χ0n) is 17.9. The van der Waals surface area contributed by atoms with Gasteiger partial charge in [-0.15, -0.1) is 11.8 Å². The van der Waals surface area contributed by atoms with E-state index in [0.717, 1.165) is 15.4 Å². The number of imide groups is 1. The van der Waals surface area contributed by atoms with Crippen LogP contribution in [-0.2, 0) is 11.2 Å². The van der Waals surface area contributed by atoms with Crippen molar-refractivity contribution < 1.29 is 19.2 Å². The van der Waals surface area contributed by atoms with Gasteiger partial charge in [-0.2, -0.15) is 0 Å². The fourth-order valence-corrected chi connectivity index (χ4v) is 4.38. The number of hydrogen-bond acceptors (Lipinski definition) is 6. The Labute approximate surface area is 190 Å². The average Bonchev–Trinajstić information content (AvgIpc) is 3.05. The van der Waals surface area contributed by atoms with Crippen LogP contribution in [0.4, 0.5) is 0 Å². The molecule has 0 radical (unpaired) electrons. The molecule has 8 heteroatoms. The number of Topliss-reactive ketones (excluding diaryl/α,β-unsaturated/α-hetero) is 1. The molecule has 4 rings (SSSR count). The number of nitrogens with zero attached hydrogens (tertiary/aromatic N) is 2. The molecule has 1 aromatic carbocycles. The fraction of sp³-hybridized carbons (Fsp3) is 0.292. The highest BCUT2D eigenvalue weighted by molar-refractivity contribution is 7.98. The third-order valence-electron chi connectivity index (χ3n) is 6.04. The summed E-state index contributed by atoms with van der Waals surface area (Å²) in [4.78, 5) is 57.5. The minimum Gasteiger partial charge on any atom is -0.328 e. The zero-order chi connectivity index (χ0) is 23.0. The number of aromatic nitrogens is 1. The second kappa shape index (κ2) is 8.35. The van der Waals surface area contributed by atoms with E-state index in [2.05, 4.69) is 16.9 Å². The van der Waals surface area contributed by atoms with E-state index in [1.165, 1.54) is 0 Å². The van der Waals surface area contributed by atoms with Gasteiger partial charge in [0.25, 0.3) is 11.8 Å². The molecule has 0 aliphatic carbocycles. The highest BCUT2D eigenvalue weighted by atomic mass is 32.2. The molecule has 1 N–H and O–H groups in total. The molecule has 2 aliphatic rings. The van der Waals surface area contributed by atoms with Gasteiger partial charge in [-0.1, -0.05) is 12.6 Å². The van der Waals surface area contributed by atoms with Crippen molar-refractivity contribution in [3.63, 3.8) is 0 Å². The van der Waals surface area contributed by atoms with Gasteiger partial charge in [0.05, 0.1) is 11.1 Å². The van der Waals surface area contributed by atoms with Crippen LogP contribution in [0.2, 0.25) is 0 Å². The Morgan fingerprint density at radius 3 is 2.59 bits per heavy atom. The number of hydrogen-bond donors (Lipinski definition) is 1. The van der Waals surface area contributed by atoms with Crippen LogP contribution in [0.25, 0.3) is 0 Å². The van der Waals surface area contributed by atoms with E-state index in [1.54, 1.807) is 49.1 Å². The quantitative estimate of drug-likeness (QED) is 0.413. The minimum absolute atomic E-state index is 0.0891. The van der Waals surface area contributed by atoms with Gasteiger partial charge < -0.3 is 5.32 Å². The number of thioether (sulfide) groups is 1. The van der Waals surface area contributed by atoms with Crippen LogP contribution in [0.5, 0.6) is 0 Å². The summed E-state index contributed by atoms with van der Waals surface area (Å²) in [6, 6.07) is 8.56. The van der Waals surface area contributed by atoms with E-state index < -0.39 is 23.3 Å². The molecule has 0 spiro atoms. The van der Waals surface area contributed by atoms with Gasteiger partial charge in [0.2, 0.25) is 5.91 Å². The lowest BCUT2D eigenvalue weighted by atomic mass is 9.88. The molecule has 3 heterocycles. The number of rotatable bonds is 6. The summed E-state index contributed by atoms with van der Waals surface area (Å²) >= 11 is 1.55. The van der Waals surface area contributed by atoms with Gasteiger partial charge in [0.15, 0.2) is 5.78 Å². The Morgan fingerprint density at radius 1 is 1.19 bits per heavy atom. The molecule has 164 valence electrons. The lowest BCUT2D eigenvalue weighted by Gasteiger charge is -2.39. The SMILES string of the molecule is C=C1CC[C@](C)(N2C(=O)c3ccc(CCC(=O)c4ccc(SC)cn4)cc3C2=O)C(=O)N1. The first-order valence-corrected chi connectivity index (χ1v) is 11.5. The summed E-state index contributed by atoms with van der Waals surface area (Å²) in [5, 5.41) is 2.66. The van der Waals surface area contributed by atoms with Crippen molar-refractivity contribution >= 4 is 35.3 Å². The van der Waals surface area contributed by atoms with Crippen LogP contribution < -0.4 is 5.32 Å². The number of allylic oxidation sites excluding steroid dienone is 1. The summed E-state index contributed by atoms with van der Waals surface area (Å²) < 4.78 is 0. The van der Waals surface area contributed by atoms with Gasteiger partial charge in [-0.25, -0.2) is 0 Å². The highest BCUT2D eigenvalue weighted by Gasteiger charge is 2.51. The number of benzene rings is 1. The van der Waals surface area contributed by atoms with Crippen LogP contribution in [0.15, 0.2) is 53.7 Å². The Morgan fingerprint density at radius 2 is 1.94 bits per heavy atom. The van der Waals surface area contributed by atoms with Crippen molar-refractivity contribution in [2.45, 2.75) is 43.0 Å². The number of aryl methyl sites for hydroxylation is 1. The van der Waals surface area contributed by atoms with E-state index in [4.69, 9.17) is 0 Å². The smallest absolute Gasteiger partial charge is 0.262 e. The standard InChI is InChI=1S/C24H23N3O4S/c1-14-10-11-24(2,23(31)26-14)27-21(29)17-7-4-15(12-18(17)22(27)30)5-9-20(28)19-8-6-16(32-3)13-25-19/h4,6-8,12-13H,1,5,9-11H2,2-3H3,(H,26,31)/t24-/m0/s1. The maximum Gasteiger partial charge on any atom is 0.262 e. The number of carbonyl (C=O) groups excluding carboxylic acids is 4. The van der Waals surface area contributed by atoms with Crippen LogP contribution in [0.3, 0.4) is 0 Å². The molecular weight excluding hydrogens is 426 g/mol. The van der Waals surface area contributed by atoms with Gasteiger partial charge in [0.1, 0.15) is 11.2 Å². The molecule has 7 nitrogen and oxygen atoms in total. The number of nitrogens with one attached hydrogen (secondary N) is 1. The van der Waals surface area contributed by atoms with Crippen molar-refractivity contribution in [3.8, 4) is 0 Å². The van der Waals surface area contributed by atoms with Crippen LogP contribution in [0, 0.1) is 0 Å². The number of pyridine rings is 1. The molecule has 0 saturated carbocycles. The van der Waals surface area contributed by atoms with E-state index in [-0.39, 0.29) is 23.3 Å². The first kappa shape index (κ1) is 22.0. The number of piperidine rings is 1. The Hall–Kier alpha value is -3.26. The van der Waals surface area contributed by atoms with Gasteiger partial charge in [-0.05, 0) is 62.3 Å². The molecule has 1 aromatic heterocycles. The molecular formula is C24H23N3O4S. The molecule has 2 aliphatic heterocycles. The summed E-state index contributed by atoms with van der Waals surface area (Å²) in [5.41, 5.74) is 1.03. The Bertz CT molecular complexity index is 1160. The van der Waals surface area contributed by atoms with Crippen LogP contribution in [0.1, 0.15) is 63.0 Å². The van der Waals surface area contributed by atoms with Gasteiger partial charge >= 0.3 is 0 Å². The Balaban J connectivity index is 1.51. The predicted octanol–water partition coefficient (Wildman–Crippen LogP) is 3.40. The summed E-state index contributed by atoms with van der Waals surface area (Å²) in [6.07, 6.45) is 5.08. The fourth-order valence-electron chi connectivity index (χ4n) is 4.02. The normalized spacial score (nSPS) is 20.4. The van der Waals surface area contributed by atoms with Gasteiger partial charge in [0, 0.05) is 23.2 Å². The van der Waals surface area contributed by atoms with E-state index in [9.17, 15) is 19.2 Å². The van der Waals surface area contributed by atoms with Crippen molar-refractivity contribution in [3.05, 3.63) is 71.2 Å². The summed E-state index contributed by atoms with van der Waals surface area (Å²) in [7, 11) is 0. The van der Waals surface area contributed by atoms with Crippen LogP contribution >= 0.6 is 11.8 Å². The second-order valence-electron chi connectivity index (χ2n) is 8.16. The third-order valence-corrected chi connectivity index (χ3v) is 6.75. The molecule has 0 unspecified atom stereocenters. The minimum atomic E-state index is -1.26. The number of amides is 3. The van der Waals surface area contributed by atoms with Crippen molar-refractivity contribution in [1.82, 2.24) is 15.2 Å². The monoisotopic (exact) mass is 449 g/mol. The number of carbonyl (C=O) groups is 4. The predicted molar refractivity (Wildman–Crippen MR) is 121 cm³/mol. The zero-order valence-corrected chi connectivity index (χ0v) is 18.8. The van der Waals surface area contributed by atoms with Crippen molar-refractivity contribution in [2.75, 3.05) is 6.26 Å². The highest BCUT2D eigenvalue weighted by Crippen LogP contribution is 2.35. The molecule has 3 amide bonds. The Kier molecular flexibility index (Phi) is 5.73. The molecule has 1 fully saturated rings. The topological polar surface area (TPSA) is 96.4 Å². The molecule has 1 saturated heterocycles. The average molecular weight is 450 g/mol. The lowest BCUT2D eigenvalue weighted by Crippen LogP contribution is -2.60. The summed E-state index contributed by atoms with van der Waals surface area (Å²) in [5.74, 6) is -1.46. The second-order valence-corrected chi connectivity index (χ2v) is 9.04. The third kappa shape index (κ3) is 3.75. The number of ketones is 1. The van der Waals surface area contributed by atoms with E-state index >= 15 is 0 Å². The largest absolute Gasteiger partial charge is 0.328 e. The number of fused-ring (bicyclic) bond motifs is 1. The van der Waals surface area contributed by atoms with E-state index in [1.807, 2.05) is 12.3 Å². The molecule has 32 heavy (non-hydrogen) atoms. The first-order chi connectivity index (χ1) is 15.2. The lowest BCUT2D eigenvalue weighted by molar-refractivity contribution is -0.131. The van der Waals surface area contributed by atoms with E-state index in [0.29, 0.717) is 30.7 Å². The molecule has 0 bridgehead atoms. The first-order valence-electron chi connectivity index (χ1n) is 10.3. The summed E-state index contributed by atoms with van der Waals surface area (Å²) in [6.45, 7) is 5.36. The molecule has 2 aromatic rings. The van der Waals surface area contributed by atoms with Gasteiger partial charge in [-0.3, -0.25) is 29.1 Å². The van der Waals surface area contributed by atoms with Crippen molar-refractivity contribution in [1.29, 1.82) is 0 Å². The molecule has 1 atom stereocenters. The maximum atomic E-state index is 13.1.